The van der Waals surface area contributed by atoms with Gasteiger partial charge in [-0.1, -0.05) is 11.2 Å². The van der Waals surface area contributed by atoms with E-state index in [2.05, 4.69) is 25.2 Å². The molecule has 1 amide bonds. The molecule has 1 aliphatic heterocycles. The van der Waals surface area contributed by atoms with Gasteiger partial charge in [0.2, 0.25) is 11.7 Å². The van der Waals surface area contributed by atoms with Crippen molar-refractivity contribution in [3.05, 3.63) is 60.5 Å². The number of nitrogens with zero attached hydrogens (tertiary/aromatic N) is 7. The minimum Gasteiger partial charge on any atom is -0.337 e. The average Bonchev–Trinajstić information content (AvgIpc) is 3.46. The Labute approximate surface area is 153 Å². The van der Waals surface area contributed by atoms with Crippen LogP contribution in [0.3, 0.4) is 0 Å². The molecular formula is C18H15N7O2. The molecule has 1 unspecified atom stereocenters. The van der Waals surface area contributed by atoms with E-state index >= 15 is 0 Å². The lowest BCUT2D eigenvalue weighted by atomic mass is 10.2. The Kier molecular flexibility index (Phi) is 3.63. The van der Waals surface area contributed by atoms with Gasteiger partial charge in [-0.3, -0.25) is 9.78 Å². The van der Waals surface area contributed by atoms with Crippen molar-refractivity contribution < 1.29 is 9.32 Å². The molecule has 1 atom stereocenters. The van der Waals surface area contributed by atoms with E-state index in [4.69, 9.17) is 4.52 Å². The van der Waals surface area contributed by atoms with Gasteiger partial charge in [0.05, 0.1) is 6.20 Å². The van der Waals surface area contributed by atoms with Gasteiger partial charge < -0.3 is 9.42 Å². The van der Waals surface area contributed by atoms with Crippen LogP contribution in [0.4, 0.5) is 0 Å². The molecule has 4 aromatic heterocycles. The van der Waals surface area contributed by atoms with Crippen LogP contribution in [-0.4, -0.2) is 47.1 Å². The number of likely N-dealkylation sites (tertiary alicyclic amines) is 1. The van der Waals surface area contributed by atoms with Crippen LogP contribution < -0.4 is 0 Å². The smallest absolute Gasteiger partial charge is 0.260 e. The third-order valence-electron chi connectivity index (χ3n) is 4.64. The lowest BCUT2D eigenvalue weighted by Crippen LogP contribution is -2.30. The zero-order chi connectivity index (χ0) is 18.2. The molecule has 0 bridgehead atoms. The quantitative estimate of drug-likeness (QED) is 0.551. The van der Waals surface area contributed by atoms with E-state index in [1.807, 2.05) is 18.2 Å². The predicted octanol–water partition coefficient (Wildman–Crippen LogP) is 2.15. The van der Waals surface area contributed by atoms with E-state index in [0.717, 1.165) is 12.8 Å². The maximum atomic E-state index is 13.1. The van der Waals surface area contributed by atoms with Crippen LogP contribution in [-0.2, 0) is 0 Å². The second-order valence-electron chi connectivity index (χ2n) is 6.27. The Morgan fingerprint density at radius 3 is 3.00 bits per heavy atom. The summed E-state index contributed by atoms with van der Waals surface area (Å²) in [7, 11) is 0. The number of hydrogen-bond acceptors (Lipinski definition) is 7. The molecule has 0 N–H and O–H groups in total. The van der Waals surface area contributed by atoms with Crippen LogP contribution in [0.1, 0.15) is 35.1 Å². The number of aromatic nitrogens is 6. The minimum absolute atomic E-state index is 0.135. The largest absolute Gasteiger partial charge is 0.337 e. The Morgan fingerprint density at radius 1 is 1.19 bits per heavy atom. The SMILES string of the molecule is O=C(c1cnn2cccnc12)N1CCCC1c1nc(-c2ccccn2)no1. The first-order valence-corrected chi connectivity index (χ1v) is 8.65. The van der Waals surface area contributed by atoms with Crippen LogP contribution >= 0.6 is 0 Å². The number of amides is 1. The maximum absolute atomic E-state index is 13.1. The Hall–Kier alpha value is -3.62. The van der Waals surface area contributed by atoms with E-state index < -0.39 is 0 Å². The van der Waals surface area contributed by atoms with Crippen LogP contribution in [0, 0.1) is 0 Å². The molecule has 9 heteroatoms. The standard InChI is InChI=1S/C18H15N7O2/c26-18(12-11-21-25-10-4-8-20-16(12)25)24-9-3-6-14(24)17-22-15(23-27-17)13-5-1-2-7-19-13/h1-2,4-5,7-8,10-11,14H,3,6,9H2. The number of pyridine rings is 1. The lowest BCUT2D eigenvalue weighted by molar-refractivity contribution is 0.0712. The van der Waals surface area contributed by atoms with Gasteiger partial charge in [-0.05, 0) is 31.0 Å². The first-order chi connectivity index (χ1) is 13.3. The highest BCUT2D eigenvalue weighted by Crippen LogP contribution is 2.33. The van der Waals surface area contributed by atoms with Gasteiger partial charge in [0.1, 0.15) is 17.3 Å². The zero-order valence-electron chi connectivity index (χ0n) is 14.3. The average molecular weight is 361 g/mol. The monoisotopic (exact) mass is 361 g/mol. The van der Waals surface area contributed by atoms with Crippen molar-refractivity contribution in [2.24, 2.45) is 0 Å². The van der Waals surface area contributed by atoms with Crippen molar-refractivity contribution in [3.63, 3.8) is 0 Å². The number of rotatable bonds is 3. The van der Waals surface area contributed by atoms with Crippen LogP contribution in [0.25, 0.3) is 17.2 Å². The van der Waals surface area contributed by atoms with Crippen LogP contribution in [0.5, 0.6) is 0 Å². The van der Waals surface area contributed by atoms with Crippen LogP contribution in [0.2, 0.25) is 0 Å². The molecule has 134 valence electrons. The fourth-order valence-electron chi connectivity index (χ4n) is 3.37. The molecule has 0 spiro atoms. The van der Waals surface area contributed by atoms with E-state index in [0.29, 0.717) is 35.2 Å². The molecule has 0 saturated carbocycles. The van der Waals surface area contributed by atoms with Gasteiger partial charge in [-0.25, -0.2) is 9.50 Å². The molecule has 5 heterocycles. The predicted molar refractivity (Wildman–Crippen MR) is 93.5 cm³/mol. The maximum Gasteiger partial charge on any atom is 0.260 e. The molecule has 1 saturated heterocycles. The summed E-state index contributed by atoms with van der Waals surface area (Å²) in [4.78, 5) is 27.8. The molecule has 27 heavy (non-hydrogen) atoms. The van der Waals surface area contributed by atoms with Gasteiger partial charge in [-0.2, -0.15) is 10.1 Å². The molecule has 1 aliphatic rings. The van der Waals surface area contributed by atoms with Crippen molar-refractivity contribution >= 4 is 11.6 Å². The Morgan fingerprint density at radius 2 is 2.11 bits per heavy atom. The van der Waals surface area contributed by atoms with Gasteiger partial charge in [0.15, 0.2) is 5.65 Å². The Balaban J connectivity index is 1.45. The van der Waals surface area contributed by atoms with Gasteiger partial charge >= 0.3 is 0 Å². The number of carbonyl (C=O) groups is 1. The van der Waals surface area contributed by atoms with E-state index in [1.54, 1.807) is 40.3 Å². The van der Waals surface area contributed by atoms with Crippen molar-refractivity contribution in [2.45, 2.75) is 18.9 Å². The second kappa shape index (κ2) is 6.27. The van der Waals surface area contributed by atoms with Gasteiger partial charge in [-0.15, -0.1) is 0 Å². The van der Waals surface area contributed by atoms with E-state index in [-0.39, 0.29) is 11.9 Å². The summed E-state index contributed by atoms with van der Waals surface area (Å²) in [5.41, 5.74) is 1.63. The molecule has 5 rings (SSSR count). The minimum atomic E-state index is -0.263. The summed E-state index contributed by atoms with van der Waals surface area (Å²) in [6, 6.07) is 7.01. The van der Waals surface area contributed by atoms with E-state index in [9.17, 15) is 4.79 Å². The fourth-order valence-corrected chi connectivity index (χ4v) is 3.37. The topological polar surface area (TPSA) is 102 Å². The Bertz CT molecular complexity index is 1110. The van der Waals surface area contributed by atoms with Crippen molar-refractivity contribution in [1.29, 1.82) is 0 Å². The number of hydrogen-bond donors (Lipinski definition) is 0. The van der Waals surface area contributed by atoms with Crippen molar-refractivity contribution in [3.8, 4) is 11.5 Å². The zero-order valence-corrected chi connectivity index (χ0v) is 14.3. The summed E-state index contributed by atoms with van der Waals surface area (Å²) < 4.78 is 7.04. The van der Waals surface area contributed by atoms with E-state index in [1.165, 1.54) is 0 Å². The van der Waals surface area contributed by atoms with Crippen molar-refractivity contribution in [1.82, 2.24) is 34.6 Å². The first kappa shape index (κ1) is 15.6. The first-order valence-electron chi connectivity index (χ1n) is 8.65. The van der Waals surface area contributed by atoms with Crippen LogP contribution in [0.15, 0.2) is 53.6 Å². The molecule has 0 aromatic carbocycles. The molecule has 0 radical (unpaired) electrons. The summed E-state index contributed by atoms with van der Waals surface area (Å²) in [5, 5.41) is 8.22. The van der Waals surface area contributed by atoms with Gasteiger partial charge in [0, 0.05) is 25.1 Å². The third-order valence-corrected chi connectivity index (χ3v) is 4.64. The molecule has 4 aromatic rings. The summed E-state index contributed by atoms with van der Waals surface area (Å²) >= 11 is 0. The molecular weight excluding hydrogens is 346 g/mol. The highest BCUT2D eigenvalue weighted by atomic mass is 16.5. The molecule has 1 fully saturated rings. The highest BCUT2D eigenvalue weighted by Gasteiger charge is 2.36. The highest BCUT2D eigenvalue weighted by molar-refractivity contribution is 5.99. The summed E-state index contributed by atoms with van der Waals surface area (Å²) in [6.07, 6.45) is 8.26. The lowest BCUT2D eigenvalue weighted by Gasteiger charge is -2.21. The van der Waals surface area contributed by atoms with Gasteiger partial charge in [0.25, 0.3) is 5.91 Å². The normalized spacial score (nSPS) is 16.9. The van der Waals surface area contributed by atoms with Crippen molar-refractivity contribution in [2.75, 3.05) is 6.54 Å². The number of carbonyl (C=O) groups excluding carboxylic acids is 1. The fraction of sp³-hybridized carbons (Fsp3) is 0.222. The molecule has 9 nitrogen and oxygen atoms in total. The third kappa shape index (κ3) is 2.64. The summed E-state index contributed by atoms with van der Waals surface area (Å²) in [6.45, 7) is 0.620. The number of fused-ring (bicyclic) bond motifs is 1. The molecule has 0 aliphatic carbocycles. The summed E-state index contributed by atoms with van der Waals surface area (Å²) in [5.74, 6) is 0.706. The second-order valence-corrected chi connectivity index (χ2v) is 6.27.